The predicted octanol–water partition coefficient (Wildman–Crippen LogP) is 2.67. The molecule has 0 bridgehead atoms. The molecule has 0 aliphatic carbocycles. The van der Waals surface area contributed by atoms with Crippen LogP contribution >= 0.6 is 0 Å². The second-order valence-corrected chi connectivity index (χ2v) is 4.05. The molecule has 0 spiro atoms. The van der Waals surface area contributed by atoms with Gasteiger partial charge in [-0.2, -0.15) is 0 Å². The fraction of sp³-hybridized carbons (Fsp3) is 0.400. The monoisotopic (exact) mass is 183 g/mol. The minimum absolute atomic E-state index is 0.107. The van der Waals surface area contributed by atoms with Crippen molar-refractivity contribution in [2.24, 2.45) is 0 Å². The largest absolute Gasteiger partial charge is 0.384 e. The minimum atomic E-state index is -0.788. The molecule has 13 heavy (non-hydrogen) atoms. The number of anilines is 1. The molecule has 1 heterocycles. The van der Waals surface area contributed by atoms with Crippen LogP contribution in [0.25, 0.3) is 0 Å². The Bertz CT molecular complexity index is 358. The minimum Gasteiger partial charge on any atom is -0.384 e. The van der Waals surface area contributed by atoms with Gasteiger partial charge in [-0.15, -0.1) is 0 Å². The number of benzene rings is 1. The number of halogens is 2. The van der Waals surface area contributed by atoms with Crippen LogP contribution in [0, 0.1) is 11.6 Å². The summed E-state index contributed by atoms with van der Waals surface area (Å²) in [4.78, 5) is 0. The fourth-order valence-electron chi connectivity index (χ4n) is 1.66. The van der Waals surface area contributed by atoms with E-state index in [9.17, 15) is 8.78 Å². The average Bonchev–Trinajstić information content (AvgIpc) is 2.31. The van der Waals surface area contributed by atoms with Crippen LogP contribution in [0.3, 0.4) is 0 Å². The van der Waals surface area contributed by atoms with Crippen LogP contribution in [0.4, 0.5) is 14.5 Å². The van der Waals surface area contributed by atoms with Gasteiger partial charge in [-0.05, 0) is 11.6 Å². The maximum atomic E-state index is 12.9. The molecule has 70 valence electrons. The molecule has 1 nitrogen and oxygen atoms in total. The van der Waals surface area contributed by atoms with Gasteiger partial charge in [0.25, 0.3) is 0 Å². The van der Waals surface area contributed by atoms with Gasteiger partial charge in [0, 0.05) is 23.7 Å². The first-order valence-electron chi connectivity index (χ1n) is 4.24. The van der Waals surface area contributed by atoms with E-state index in [1.54, 1.807) is 0 Å². The van der Waals surface area contributed by atoms with Crippen molar-refractivity contribution in [2.75, 3.05) is 11.9 Å². The maximum Gasteiger partial charge on any atom is 0.160 e. The van der Waals surface area contributed by atoms with E-state index in [1.807, 2.05) is 13.8 Å². The van der Waals surface area contributed by atoms with Gasteiger partial charge in [0.05, 0.1) is 0 Å². The first kappa shape index (κ1) is 8.48. The lowest BCUT2D eigenvalue weighted by Gasteiger charge is -2.16. The molecular weight excluding hydrogens is 172 g/mol. The van der Waals surface area contributed by atoms with Crippen LogP contribution in [0.5, 0.6) is 0 Å². The lowest BCUT2D eigenvalue weighted by atomic mass is 9.87. The predicted molar refractivity (Wildman–Crippen MR) is 47.9 cm³/mol. The van der Waals surface area contributed by atoms with Crippen LogP contribution in [-0.2, 0) is 5.41 Å². The van der Waals surface area contributed by atoms with Crippen molar-refractivity contribution in [3.63, 3.8) is 0 Å². The van der Waals surface area contributed by atoms with Crippen LogP contribution in [0.15, 0.2) is 12.1 Å². The summed E-state index contributed by atoms with van der Waals surface area (Å²) in [5.41, 5.74) is 1.46. The van der Waals surface area contributed by atoms with Crippen LogP contribution < -0.4 is 5.32 Å². The summed E-state index contributed by atoms with van der Waals surface area (Å²) >= 11 is 0. The van der Waals surface area contributed by atoms with Gasteiger partial charge in [0.2, 0.25) is 0 Å². The Kier molecular flexibility index (Phi) is 1.59. The Balaban J connectivity index is 2.61. The number of hydrogen-bond donors (Lipinski definition) is 1. The number of hydrogen-bond acceptors (Lipinski definition) is 1. The van der Waals surface area contributed by atoms with Crippen molar-refractivity contribution >= 4 is 5.69 Å². The molecule has 0 aromatic heterocycles. The van der Waals surface area contributed by atoms with E-state index in [-0.39, 0.29) is 5.41 Å². The van der Waals surface area contributed by atoms with Crippen molar-refractivity contribution in [2.45, 2.75) is 19.3 Å². The third-order valence-electron chi connectivity index (χ3n) is 2.51. The molecule has 0 fully saturated rings. The van der Waals surface area contributed by atoms with Gasteiger partial charge in [-0.3, -0.25) is 0 Å². The molecular formula is C10H11F2N. The van der Waals surface area contributed by atoms with Gasteiger partial charge in [0.1, 0.15) is 0 Å². The van der Waals surface area contributed by atoms with Gasteiger partial charge in [-0.1, -0.05) is 13.8 Å². The normalized spacial score (nSPS) is 18.2. The van der Waals surface area contributed by atoms with E-state index in [0.717, 1.165) is 12.1 Å². The summed E-state index contributed by atoms with van der Waals surface area (Å²) < 4.78 is 25.7. The van der Waals surface area contributed by atoms with Crippen LogP contribution in [-0.4, -0.2) is 6.54 Å². The molecule has 0 amide bonds. The molecule has 1 aromatic carbocycles. The standard InChI is InChI=1S/C10H11F2N/c1-10(2)5-13-9-4-8(12)7(11)3-6(9)10/h3-4,13H,5H2,1-2H3. The molecule has 1 aliphatic rings. The zero-order valence-corrected chi connectivity index (χ0v) is 7.62. The topological polar surface area (TPSA) is 12.0 Å². The van der Waals surface area contributed by atoms with Crippen molar-refractivity contribution in [3.05, 3.63) is 29.3 Å². The first-order chi connectivity index (χ1) is 6.00. The Morgan fingerprint density at radius 1 is 1.23 bits per heavy atom. The average molecular weight is 183 g/mol. The highest BCUT2D eigenvalue weighted by atomic mass is 19.2. The van der Waals surface area contributed by atoms with Gasteiger partial charge in [0.15, 0.2) is 11.6 Å². The van der Waals surface area contributed by atoms with Crippen molar-refractivity contribution < 1.29 is 8.78 Å². The second-order valence-electron chi connectivity index (χ2n) is 4.05. The van der Waals surface area contributed by atoms with E-state index >= 15 is 0 Å². The maximum absolute atomic E-state index is 12.9. The smallest absolute Gasteiger partial charge is 0.160 e. The van der Waals surface area contributed by atoms with E-state index in [0.29, 0.717) is 5.69 Å². The van der Waals surface area contributed by atoms with Crippen LogP contribution in [0.1, 0.15) is 19.4 Å². The molecule has 0 saturated carbocycles. The molecule has 0 radical (unpaired) electrons. The van der Waals surface area contributed by atoms with E-state index in [2.05, 4.69) is 5.32 Å². The molecule has 0 unspecified atom stereocenters. The highest BCUT2D eigenvalue weighted by molar-refractivity contribution is 5.60. The third-order valence-corrected chi connectivity index (χ3v) is 2.51. The van der Waals surface area contributed by atoms with E-state index in [1.165, 1.54) is 12.1 Å². The molecule has 0 saturated heterocycles. The van der Waals surface area contributed by atoms with Crippen molar-refractivity contribution in [3.8, 4) is 0 Å². The van der Waals surface area contributed by atoms with Crippen molar-refractivity contribution in [1.82, 2.24) is 0 Å². The zero-order chi connectivity index (χ0) is 9.64. The Morgan fingerprint density at radius 3 is 2.54 bits per heavy atom. The fourth-order valence-corrected chi connectivity index (χ4v) is 1.66. The summed E-state index contributed by atoms with van der Waals surface area (Å²) in [6.07, 6.45) is 0. The highest BCUT2D eigenvalue weighted by Gasteiger charge is 2.30. The van der Waals surface area contributed by atoms with E-state index < -0.39 is 11.6 Å². The molecule has 2 rings (SSSR count). The molecule has 3 heteroatoms. The first-order valence-corrected chi connectivity index (χ1v) is 4.24. The summed E-state index contributed by atoms with van der Waals surface area (Å²) in [5, 5.41) is 3.05. The number of rotatable bonds is 0. The van der Waals surface area contributed by atoms with Gasteiger partial charge in [-0.25, -0.2) is 8.78 Å². The third kappa shape index (κ3) is 1.19. The SMILES string of the molecule is CC1(C)CNc2cc(F)c(F)cc21. The molecule has 1 aromatic rings. The summed E-state index contributed by atoms with van der Waals surface area (Å²) in [6.45, 7) is 4.73. The lowest BCUT2D eigenvalue weighted by Crippen LogP contribution is -2.19. The quantitative estimate of drug-likeness (QED) is 0.652. The summed E-state index contributed by atoms with van der Waals surface area (Å²) in [6, 6.07) is 2.50. The summed E-state index contributed by atoms with van der Waals surface area (Å²) in [7, 11) is 0. The molecule has 0 atom stereocenters. The zero-order valence-electron chi connectivity index (χ0n) is 7.62. The van der Waals surface area contributed by atoms with Gasteiger partial charge < -0.3 is 5.32 Å². The Labute approximate surface area is 75.8 Å². The Morgan fingerprint density at radius 2 is 1.85 bits per heavy atom. The lowest BCUT2D eigenvalue weighted by molar-refractivity contribution is 0.503. The van der Waals surface area contributed by atoms with Crippen LogP contribution in [0.2, 0.25) is 0 Å². The van der Waals surface area contributed by atoms with E-state index in [4.69, 9.17) is 0 Å². The summed E-state index contributed by atoms with van der Waals surface area (Å²) in [5.74, 6) is -1.56. The van der Waals surface area contributed by atoms with Crippen molar-refractivity contribution in [1.29, 1.82) is 0 Å². The van der Waals surface area contributed by atoms with Gasteiger partial charge >= 0.3 is 0 Å². The Hall–Kier alpha value is -1.12. The number of fused-ring (bicyclic) bond motifs is 1. The molecule has 1 N–H and O–H groups in total. The highest BCUT2D eigenvalue weighted by Crippen LogP contribution is 2.37. The number of nitrogens with one attached hydrogen (secondary N) is 1. The molecule has 1 aliphatic heterocycles. The second kappa shape index (κ2) is 2.44.